The summed E-state index contributed by atoms with van der Waals surface area (Å²) in [4.78, 5) is 4.60. The molecule has 0 amide bonds. The molecule has 0 aliphatic heterocycles. The van der Waals surface area contributed by atoms with Gasteiger partial charge >= 0.3 is 0 Å². The smallest absolute Gasteiger partial charge is 0.123 e. The molecular weight excluding hydrogens is 794 g/mol. The van der Waals surface area contributed by atoms with Gasteiger partial charge in [-0.2, -0.15) is 0 Å². The Morgan fingerprint density at radius 3 is 1.71 bits per heavy atom. The van der Waals surface area contributed by atoms with Crippen molar-refractivity contribution in [1.82, 2.24) is 4.57 Å². The second kappa shape index (κ2) is 15.3. The number of anilines is 6. The molecule has 0 spiro atoms. The number of benzene rings is 10. The number of nitrogens with zero attached hydrogens (tertiary/aromatic N) is 3. The Balaban J connectivity index is 1.10. The molecule has 1 heterocycles. The van der Waals surface area contributed by atoms with Gasteiger partial charge in [0, 0.05) is 56.0 Å². The van der Waals surface area contributed by atoms with E-state index in [2.05, 4.69) is 228 Å². The van der Waals surface area contributed by atoms with Crippen molar-refractivity contribution >= 4 is 66.7 Å². The van der Waals surface area contributed by atoms with Gasteiger partial charge in [0.2, 0.25) is 0 Å². The maximum absolute atomic E-state index is 14.6. The van der Waals surface area contributed by atoms with E-state index in [9.17, 15) is 4.39 Å². The highest BCUT2D eigenvalue weighted by Gasteiger charge is 2.36. The largest absolute Gasteiger partial charge is 0.310 e. The van der Waals surface area contributed by atoms with Gasteiger partial charge in [0.15, 0.2) is 0 Å². The number of hydrogen-bond donors (Lipinski definition) is 0. The summed E-state index contributed by atoms with van der Waals surface area (Å²) in [6.07, 6.45) is 0. The summed E-state index contributed by atoms with van der Waals surface area (Å²) in [5.41, 5.74) is 16.5. The van der Waals surface area contributed by atoms with Crippen molar-refractivity contribution in [1.29, 1.82) is 0 Å². The summed E-state index contributed by atoms with van der Waals surface area (Å²) in [6.45, 7) is 4.67. The van der Waals surface area contributed by atoms with E-state index in [1.807, 2.05) is 18.2 Å². The highest BCUT2D eigenvalue weighted by atomic mass is 19.1. The van der Waals surface area contributed by atoms with Crippen molar-refractivity contribution in [3.8, 4) is 27.9 Å². The topological polar surface area (TPSA) is 11.4 Å². The van der Waals surface area contributed by atoms with Gasteiger partial charge in [-0.3, -0.25) is 0 Å². The number of fused-ring (bicyclic) bond motifs is 7. The molecule has 0 saturated heterocycles. The van der Waals surface area contributed by atoms with Crippen molar-refractivity contribution in [2.45, 2.75) is 19.3 Å². The van der Waals surface area contributed by atoms with Crippen LogP contribution in [-0.4, -0.2) is 4.57 Å². The second-order valence-electron chi connectivity index (χ2n) is 17.6. The maximum Gasteiger partial charge on any atom is 0.123 e. The van der Waals surface area contributed by atoms with Crippen LogP contribution < -0.4 is 9.80 Å². The third kappa shape index (κ3) is 6.48. The number of aromatic nitrogens is 1. The van der Waals surface area contributed by atoms with E-state index in [0.29, 0.717) is 0 Å². The van der Waals surface area contributed by atoms with Crippen LogP contribution in [0.3, 0.4) is 0 Å². The zero-order valence-electron chi connectivity index (χ0n) is 36.2. The van der Waals surface area contributed by atoms with Crippen molar-refractivity contribution in [2.24, 2.45) is 0 Å². The molecule has 0 bridgehead atoms. The minimum atomic E-state index is -0.274. The van der Waals surface area contributed by atoms with Crippen LogP contribution in [0.4, 0.5) is 38.5 Å². The second-order valence-corrected chi connectivity index (χ2v) is 17.6. The van der Waals surface area contributed by atoms with E-state index in [4.69, 9.17) is 0 Å². The summed E-state index contributed by atoms with van der Waals surface area (Å²) in [5, 5.41) is 4.80. The zero-order valence-corrected chi connectivity index (χ0v) is 36.2. The number of hydrogen-bond acceptors (Lipinski definition) is 2. The molecule has 10 aromatic carbocycles. The van der Waals surface area contributed by atoms with Gasteiger partial charge in [-0.1, -0.05) is 135 Å². The summed E-state index contributed by atoms with van der Waals surface area (Å²) in [7, 11) is 0. The molecule has 12 rings (SSSR count). The lowest BCUT2D eigenvalue weighted by atomic mass is 9.82. The average Bonchev–Trinajstić information content (AvgIpc) is 3.80. The SMILES string of the molecule is CC1(C)c2ccccc2-c2ccc(N(c3ccccc3)c3cc(-c4ccc5c(c4)c4ccccc4n5-c4ccc5ccccc5c4)cc(N(c4ccccc4)c4ccc(F)cc4)c3)cc21. The Kier molecular flexibility index (Phi) is 9.03. The first-order valence-corrected chi connectivity index (χ1v) is 22.3. The van der Waals surface area contributed by atoms with E-state index in [1.54, 1.807) is 0 Å². The minimum absolute atomic E-state index is 0.175. The van der Waals surface area contributed by atoms with Crippen molar-refractivity contribution in [2.75, 3.05) is 9.80 Å². The third-order valence-electron chi connectivity index (χ3n) is 13.4. The normalized spacial score (nSPS) is 12.7. The molecule has 0 radical (unpaired) electrons. The van der Waals surface area contributed by atoms with Crippen LogP contribution in [-0.2, 0) is 5.41 Å². The van der Waals surface area contributed by atoms with Crippen molar-refractivity contribution in [3.05, 3.63) is 247 Å². The van der Waals surface area contributed by atoms with Crippen LogP contribution in [0.15, 0.2) is 231 Å². The van der Waals surface area contributed by atoms with Crippen molar-refractivity contribution < 1.29 is 4.39 Å². The first kappa shape index (κ1) is 38.5. The van der Waals surface area contributed by atoms with Crippen molar-refractivity contribution in [3.63, 3.8) is 0 Å². The van der Waals surface area contributed by atoms with Crippen LogP contribution in [0.5, 0.6) is 0 Å². The molecule has 1 aromatic heterocycles. The molecule has 0 fully saturated rings. The van der Waals surface area contributed by atoms with E-state index < -0.39 is 0 Å². The molecular formula is C61H44FN3. The Bertz CT molecular complexity index is 3590. The zero-order chi connectivity index (χ0) is 43.6. The molecule has 0 unspecified atom stereocenters. The summed E-state index contributed by atoms with van der Waals surface area (Å²) in [5.74, 6) is -0.274. The van der Waals surface area contributed by atoms with E-state index in [-0.39, 0.29) is 11.2 Å². The van der Waals surface area contributed by atoms with E-state index in [1.165, 1.54) is 55.9 Å². The van der Waals surface area contributed by atoms with Gasteiger partial charge in [0.25, 0.3) is 0 Å². The van der Waals surface area contributed by atoms with Crippen LogP contribution in [0, 0.1) is 5.82 Å². The molecule has 0 N–H and O–H groups in total. The number of halogens is 1. The van der Waals surface area contributed by atoms with Crippen LogP contribution in [0.2, 0.25) is 0 Å². The predicted molar refractivity (Wildman–Crippen MR) is 271 cm³/mol. The summed E-state index contributed by atoms with van der Waals surface area (Å²) >= 11 is 0. The van der Waals surface area contributed by atoms with Crippen LogP contribution in [0.25, 0.3) is 60.5 Å². The van der Waals surface area contributed by atoms with Gasteiger partial charge in [0.1, 0.15) is 5.82 Å². The standard InChI is InChI=1S/C61H44FN3/c1-61(2)57-23-13-11-21-53(57)54-33-32-50(40-58(54)61)64(47-19-7-4-8-20-47)52-37-44(36-51(39-52)63(46-17-5-3-6-18-46)48-30-27-45(62)28-31-48)43-26-34-60-56(38-43)55-22-12-14-24-59(55)65(60)49-29-25-41-15-9-10-16-42(41)35-49/h3-40H,1-2H3. The lowest BCUT2D eigenvalue weighted by Crippen LogP contribution is -2.17. The molecule has 0 atom stereocenters. The minimum Gasteiger partial charge on any atom is -0.310 e. The molecule has 11 aromatic rings. The Morgan fingerprint density at radius 2 is 0.954 bits per heavy atom. The third-order valence-corrected chi connectivity index (χ3v) is 13.4. The summed E-state index contributed by atoms with van der Waals surface area (Å²) < 4.78 is 17.0. The average molecular weight is 838 g/mol. The van der Waals surface area contributed by atoms with Gasteiger partial charge < -0.3 is 14.4 Å². The molecule has 4 heteroatoms. The highest BCUT2D eigenvalue weighted by molar-refractivity contribution is 6.11. The predicted octanol–water partition coefficient (Wildman–Crippen LogP) is 17.0. The summed E-state index contributed by atoms with van der Waals surface area (Å²) in [6, 6.07) is 81.3. The fourth-order valence-corrected chi connectivity index (χ4v) is 10.2. The van der Waals surface area contributed by atoms with E-state index in [0.717, 1.165) is 62.0 Å². The Hall–Kier alpha value is -8.21. The van der Waals surface area contributed by atoms with Gasteiger partial charge in [-0.25, -0.2) is 4.39 Å². The first-order valence-electron chi connectivity index (χ1n) is 22.3. The number of rotatable bonds is 8. The Morgan fingerprint density at radius 1 is 0.369 bits per heavy atom. The highest BCUT2D eigenvalue weighted by Crippen LogP contribution is 2.51. The quantitative estimate of drug-likeness (QED) is 0.151. The molecule has 1 aliphatic carbocycles. The molecule has 1 aliphatic rings. The molecule has 3 nitrogen and oxygen atoms in total. The maximum atomic E-state index is 14.6. The van der Waals surface area contributed by atoms with Crippen LogP contribution >= 0.6 is 0 Å². The molecule has 310 valence electrons. The first-order chi connectivity index (χ1) is 31.9. The van der Waals surface area contributed by atoms with Crippen LogP contribution in [0.1, 0.15) is 25.0 Å². The Labute approximate surface area is 378 Å². The van der Waals surface area contributed by atoms with Gasteiger partial charge in [-0.15, -0.1) is 0 Å². The monoisotopic (exact) mass is 837 g/mol. The fraction of sp³-hybridized carbons (Fsp3) is 0.0492. The van der Waals surface area contributed by atoms with Gasteiger partial charge in [0.05, 0.1) is 11.0 Å². The molecule has 0 saturated carbocycles. The van der Waals surface area contributed by atoms with E-state index >= 15 is 0 Å². The number of para-hydroxylation sites is 3. The molecule has 65 heavy (non-hydrogen) atoms. The van der Waals surface area contributed by atoms with Gasteiger partial charge in [-0.05, 0) is 153 Å². The lowest BCUT2D eigenvalue weighted by Gasteiger charge is -2.31. The lowest BCUT2D eigenvalue weighted by molar-refractivity contribution is 0.628. The fourth-order valence-electron chi connectivity index (χ4n) is 10.2.